The first-order chi connectivity index (χ1) is 8.59. The molecule has 7 heteroatoms. The number of carboxylic acids is 1. The molecule has 0 aliphatic heterocycles. The number of nitrogens with zero attached hydrogens (tertiary/aromatic N) is 1. The molecule has 110 valence electrons. The monoisotopic (exact) mass is 274 g/mol. The molecule has 0 heterocycles. The third kappa shape index (κ3) is 6.64. The summed E-state index contributed by atoms with van der Waals surface area (Å²) in [6.07, 6.45) is -0.181. The highest BCUT2D eigenvalue weighted by Gasteiger charge is 2.26. The van der Waals surface area contributed by atoms with Crippen molar-refractivity contribution in [2.75, 3.05) is 20.7 Å². The summed E-state index contributed by atoms with van der Waals surface area (Å²) in [7, 11) is 2.82. The Morgan fingerprint density at radius 1 is 1.37 bits per heavy atom. The van der Waals surface area contributed by atoms with Gasteiger partial charge < -0.3 is 20.1 Å². The fourth-order valence-electron chi connectivity index (χ4n) is 1.58. The van der Waals surface area contributed by atoms with Crippen LogP contribution < -0.4 is 5.32 Å². The molecular formula is C12H22N2O5. The molecule has 19 heavy (non-hydrogen) atoms. The summed E-state index contributed by atoms with van der Waals surface area (Å²) < 4.78 is 4.57. The number of methoxy groups -OCH3 is 1. The Labute approximate surface area is 112 Å². The molecule has 0 fully saturated rings. The quantitative estimate of drug-likeness (QED) is 0.695. The van der Waals surface area contributed by atoms with Crippen LogP contribution in [0.5, 0.6) is 0 Å². The van der Waals surface area contributed by atoms with Gasteiger partial charge in [-0.05, 0) is 13.8 Å². The molecule has 0 spiro atoms. The molecule has 1 atom stereocenters. The highest BCUT2D eigenvalue weighted by atomic mass is 16.5. The first-order valence-electron chi connectivity index (χ1n) is 5.92. The maximum absolute atomic E-state index is 11.9. The molecule has 0 aromatic rings. The van der Waals surface area contributed by atoms with Crippen molar-refractivity contribution in [3.05, 3.63) is 0 Å². The van der Waals surface area contributed by atoms with Crippen molar-refractivity contribution in [2.45, 2.75) is 32.7 Å². The normalized spacial score (nSPS) is 12.5. The number of ether oxygens (including phenoxy) is 1. The van der Waals surface area contributed by atoms with E-state index in [1.165, 1.54) is 19.1 Å². The van der Waals surface area contributed by atoms with E-state index < -0.39 is 29.4 Å². The van der Waals surface area contributed by atoms with Gasteiger partial charge in [0, 0.05) is 19.1 Å². The van der Waals surface area contributed by atoms with Crippen molar-refractivity contribution in [3.63, 3.8) is 0 Å². The van der Waals surface area contributed by atoms with E-state index in [2.05, 4.69) is 10.1 Å². The molecule has 0 aliphatic rings. The number of esters is 1. The van der Waals surface area contributed by atoms with Crippen LogP contribution in [0.2, 0.25) is 0 Å². The second-order valence-corrected chi connectivity index (χ2v) is 5.19. The Hall–Kier alpha value is -1.79. The Bertz CT molecular complexity index is 354. The number of carbonyl (C=O) groups excluding carboxylic acids is 2. The molecule has 2 amide bonds. The maximum Gasteiger partial charge on any atom is 0.317 e. The summed E-state index contributed by atoms with van der Waals surface area (Å²) in [4.78, 5) is 35.1. The number of hydrogen-bond acceptors (Lipinski definition) is 4. The topological polar surface area (TPSA) is 95.9 Å². The lowest BCUT2D eigenvalue weighted by molar-refractivity contribution is -0.145. The third-order valence-corrected chi connectivity index (χ3v) is 2.54. The highest BCUT2D eigenvalue weighted by Crippen LogP contribution is 2.09. The minimum Gasteiger partial charge on any atom is -0.481 e. The van der Waals surface area contributed by atoms with E-state index in [1.54, 1.807) is 20.8 Å². The second kappa shape index (κ2) is 6.96. The second-order valence-electron chi connectivity index (χ2n) is 5.19. The number of aliphatic carboxylic acids is 1. The molecule has 0 bridgehead atoms. The van der Waals surface area contributed by atoms with Crippen molar-refractivity contribution in [2.24, 2.45) is 5.92 Å². The predicted molar refractivity (Wildman–Crippen MR) is 68.7 cm³/mol. The largest absolute Gasteiger partial charge is 0.481 e. The van der Waals surface area contributed by atoms with E-state index in [1.807, 2.05) is 0 Å². The van der Waals surface area contributed by atoms with Gasteiger partial charge in [0.1, 0.15) is 0 Å². The first kappa shape index (κ1) is 17.2. The van der Waals surface area contributed by atoms with Crippen LogP contribution in [0.25, 0.3) is 0 Å². The average Bonchev–Trinajstić information content (AvgIpc) is 2.24. The Morgan fingerprint density at radius 2 is 1.89 bits per heavy atom. The lowest BCUT2D eigenvalue weighted by atomic mass is 10.0. The molecule has 1 unspecified atom stereocenters. The van der Waals surface area contributed by atoms with Crippen LogP contribution in [0.3, 0.4) is 0 Å². The van der Waals surface area contributed by atoms with Gasteiger partial charge in [-0.15, -0.1) is 0 Å². The van der Waals surface area contributed by atoms with Gasteiger partial charge in [-0.25, -0.2) is 4.79 Å². The fraction of sp³-hybridized carbons (Fsp3) is 0.750. The smallest absolute Gasteiger partial charge is 0.317 e. The van der Waals surface area contributed by atoms with Crippen LogP contribution in [0.15, 0.2) is 0 Å². The summed E-state index contributed by atoms with van der Waals surface area (Å²) in [6.45, 7) is 5.09. The Morgan fingerprint density at radius 3 is 2.32 bits per heavy atom. The van der Waals surface area contributed by atoms with Gasteiger partial charge in [0.2, 0.25) is 0 Å². The zero-order valence-corrected chi connectivity index (χ0v) is 12.0. The van der Waals surface area contributed by atoms with E-state index in [-0.39, 0.29) is 13.0 Å². The van der Waals surface area contributed by atoms with Gasteiger partial charge in [-0.3, -0.25) is 9.59 Å². The lowest BCUT2D eigenvalue weighted by Crippen LogP contribution is -2.51. The zero-order chi connectivity index (χ0) is 15.2. The van der Waals surface area contributed by atoms with Gasteiger partial charge in [-0.2, -0.15) is 0 Å². The first-order valence-corrected chi connectivity index (χ1v) is 5.92. The number of carbonyl (C=O) groups is 3. The van der Waals surface area contributed by atoms with Crippen LogP contribution in [-0.4, -0.2) is 54.2 Å². The average molecular weight is 274 g/mol. The number of nitrogens with one attached hydrogen (secondary N) is 1. The zero-order valence-electron chi connectivity index (χ0n) is 12.0. The molecule has 0 saturated heterocycles. The molecule has 2 N–H and O–H groups in total. The van der Waals surface area contributed by atoms with Crippen LogP contribution in [0, 0.1) is 5.92 Å². The fourth-order valence-corrected chi connectivity index (χ4v) is 1.58. The highest BCUT2D eigenvalue weighted by molar-refractivity contribution is 5.78. The van der Waals surface area contributed by atoms with E-state index >= 15 is 0 Å². The van der Waals surface area contributed by atoms with Crippen LogP contribution >= 0.6 is 0 Å². The van der Waals surface area contributed by atoms with Crippen LogP contribution in [-0.2, 0) is 14.3 Å². The van der Waals surface area contributed by atoms with Crippen molar-refractivity contribution in [3.8, 4) is 0 Å². The van der Waals surface area contributed by atoms with E-state index in [4.69, 9.17) is 5.11 Å². The molecule has 0 rings (SSSR count). The van der Waals surface area contributed by atoms with Gasteiger partial charge in [0.05, 0.1) is 19.4 Å². The predicted octanol–water partition coefficient (Wildman–Crippen LogP) is 0.690. The van der Waals surface area contributed by atoms with E-state index in [0.717, 1.165) is 0 Å². The molecule has 0 saturated carbocycles. The Balaban J connectivity index is 4.42. The SMILES string of the molecule is COC(=O)C(C)CN(C)C(=O)NC(C)(C)CC(=O)O. The summed E-state index contributed by atoms with van der Waals surface area (Å²) in [5.74, 6) is -1.83. The van der Waals surface area contributed by atoms with Crippen LogP contribution in [0.1, 0.15) is 27.2 Å². The summed E-state index contributed by atoms with van der Waals surface area (Å²) in [5, 5.41) is 11.3. The number of urea groups is 1. The van der Waals surface area contributed by atoms with Crippen molar-refractivity contribution in [1.82, 2.24) is 10.2 Å². The Kier molecular flexibility index (Phi) is 6.31. The number of carboxylic acid groups (broad SMARTS) is 1. The van der Waals surface area contributed by atoms with Gasteiger partial charge in [0.25, 0.3) is 0 Å². The minimum absolute atomic E-state index is 0.181. The number of amides is 2. The van der Waals surface area contributed by atoms with Crippen LogP contribution in [0.4, 0.5) is 4.79 Å². The van der Waals surface area contributed by atoms with Crippen molar-refractivity contribution < 1.29 is 24.2 Å². The third-order valence-electron chi connectivity index (χ3n) is 2.54. The van der Waals surface area contributed by atoms with Gasteiger partial charge in [-0.1, -0.05) is 6.92 Å². The van der Waals surface area contributed by atoms with Gasteiger partial charge >= 0.3 is 18.0 Å². The van der Waals surface area contributed by atoms with E-state index in [9.17, 15) is 14.4 Å². The minimum atomic E-state index is -0.990. The van der Waals surface area contributed by atoms with Crippen molar-refractivity contribution >= 4 is 18.0 Å². The standard InChI is InChI=1S/C12H22N2O5/c1-8(10(17)19-5)7-14(4)11(18)13-12(2,3)6-9(15)16/h8H,6-7H2,1-5H3,(H,13,18)(H,15,16). The number of rotatable bonds is 6. The molecule has 0 aromatic carbocycles. The molecule has 7 nitrogen and oxygen atoms in total. The van der Waals surface area contributed by atoms with Gasteiger partial charge in [0.15, 0.2) is 0 Å². The van der Waals surface area contributed by atoms with Crippen molar-refractivity contribution in [1.29, 1.82) is 0 Å². The molecular weight excluding hydrogens is 252 g/mol. The molecule has 0 aliphatic carbocycles. The number of hydrogen-bond donors (Lipinski definition) is 2. The molecule has 0 aromatic heterocycles. The molecule has 0 radical (unpaired) electrons. The van der Waals surface area contributed by atoms with E-state index in [0.29, 0.717) is 0 Å². The summed E-state index contributed by atoms with van der Waals surface area (Å²) in [5.41, 5.74) is -0.855. The lowest BCUT2D eigenvalue weighted by Gasteiger charge is -2.28. The summed E-state index contributed by atoms with van der Waals surface area (Å²) >= 11 is 0. The summed E-state index contributed by atoms with van der Waals surface area (Å²) in [6, 6.07) is -0.429. The maximum atomic E-state index is 11.9.